The second-order valence-electron chi connectivity index (χ2n) is 2.54. The van der Waals surface area contributed by atoms with E-state index in [1.165, 1.54) is 19.3 Å². The summed E-state index contributed by atoms with van der Waals surface area (Å²) in [6, 6.07) is 0. The predicted octanol–water partition coefficient (Wildman–Crippen LogP) is 4.49. The summed E-state index contributed by atoms with van der Waals surface area (Å²) in [7, 11) is 0. The van der Waals surface area contributed by atoms with Gasteiger partial charge in [-0.25, -0.2) is 0 Å². The highest BCUT2D eigenvalue weighted by atomic mass is 13.9. The van der Waals surface area contributed by atoms with E-state index >= 15 is 0 Å². The summed E-state index contributed by atoms with van der Waals surface area (Å²) in [4.78, 5) is 0. The lowest BCUT2D eigenvalue weighted by atomic mass is 10.1. The highest BCUT2D eigenvalue weighted by molar-refractivity contribution is 4.42. The van der Waals surface area contributed by atoms with Crippen molar-refractivity contribution >= 4 is 0 Å². The Bertz CT molecular complexity index is 29.0. The van der Waals surface area contributed by atoms with Crippen LogP contribution in [0.25, 0.3) is 0 Å². The van der Waals surface area contributed by atoms with Crippen LogP contribution < -0.4 is 0 Å². The van der Waals surface area contributed by atoms with Gasteiger partial charge in [-0.05, 0) is 5.92 Å². The fraction of sp³-hybridized carbons (Fsp3) is 1.00. The zero-order valence-electron chi connectivity index (χ0n) is 7.70. The Balaban J connectivity index is -0.000000149. The fourth-order valence-electron chi connectivity index (χ4n) is 0.612. The molecule has 0 aliphatic heterocycles. The van der Waals surface area contributed by atoms with Crippen LogP contribution in [-0.2, 0) is 0 Å². The molecule has 0 rings (SSSR count). The van der Waals surface area contributed by atoms with Gasteiger partial charge < -0.3 is 0 Å². The average molecular weight is 146 g/mol. The van der Waals surface area contributed by atoms with E-state index in [9.17, 15) is 0 Å². The summed E-state index contributed by atoms with van der Waals surface area (Å²) in [6.07, 6.45) is 4.15. The monoisotopic (exact) mass is 146 g/mol. The van der Waals surface area contributed by atoms with Crippen molar-refractivity contribution < 1.29 is 0 Å². The third kappa shape index (κ3) is 24.5. The van der Waals surface area contributed by atoms with Crippen LogP contribution in [0.5, 0.6) is 0 Å². The third-order valence-corrected chi connectivity index (χ3v) is 1.14. The first kappa shape index (κ1) is 16.5. The van der Waals surface area contributed by atoms with Gasteiger partial charge >= 0.3 is 0 Å². The van der Waals surface area contributed by atoms with Gasteiger partial charge in [0.25, 0.3) is 0 Å². The standard InChI is InChI=1S/C7H16.C2H6.CH4/c1-4-5-6-7(2)3;1-2;/h7H,4-6H2,1-3H3;1-2H3;1H4. The average Bonchev–Trinajstić information content (AvgIpc) is 1.88. The molecule has 0 aliphatic rings. The van der Waals surface area contributed by atoms with Crippen LogP contribution in [0.2, 0.25) is 0 Å². The maximum absolute atomic E-state index is 2.27. The molecule has 0 spiro atoms. The van der Waals surface area contributed by atoms with Crippen molar-refractivity contribution in [3.63, 3.8) is 0 Å². The minimum Gasteiger partial charge on any atom is -0.0776 e. The molecular formula is C10H26. The molecule has 0 heterocycles. The van der Waals surface area contributed by atoms with Crippen LogP contribution >= 0.6 is 0 Å². The first-order chi connectivity index (χ1) is 4.27. The Kier molecular flexibility index (Phi) is 26.4. The zero-order valence-corrected chi connectivity index (χ0v) is 7.70. The molecule has 0 aromatic heterocycles. The van der Waals surface area contributed by atoms with Gasteiger partial charge in [-0.2, -0.15) is 0 Å². The van der Waals surface area contributed by atoms with E-state index in [2.05, 4.69) is 20.8 Å². The van der Waals surface area contributed by atoms with E-state index in [-0.39, 0.29) is 7.43 Å². The SMILES string of the molecule is C.CC.CCCCC(C)C. The molecule has 10 heavy (non-hydrogen) atoms. The predicted molar refractivity (Wildman–Crippen MR) is 52.4 cm³/mol. The van der Waals surface area contributed by atoms with Gasteiger partial charge in [-0.15, -0.1) is 0 Å². The maximum Gasteiger partial charge on any atom is -0.0471 e. The Morgan fingerprint density at radius 2 is 1.50 bits per heavy atom. The molecular weight excluding hydrogens is 120 g/mol. The van der Waals surface area contributed by atoms with Crippen LogP contribution in [-0.4, -0.2) is 0 Å². The van der Waals surface area contributed by atoms with Gasteiger partial charge in [0.1, 0.15) is 0 Å². The van der Waals surface area contributed by atoms with E-state index in [4.69, 9.17) is 0 Å². The van der Waals surface area contributed by atoms with Gasteiger partial charge in [-0.3, -0.25) is 0 Å². The van der Waals surface area contributed by atoms with Gasteiger partial charge in [0.2, 0.25) is 0 Å². The van der Waals surface area contributed by atoms with Crippen molar-refractivity contribution in [2.45, 2.75) is 61.3 Å². The second-order valence-corrected chi connectivity index (χ2v) is 2.54. The lowest BCUT2D eigenvalue weighted by molar-refractivity contribution is 0.550. The third-order valence-electron chi connectivity index (χ3n) is 1.14. The Hall–Kier alpha value is 0. The molecule has 0 saturated heterocycles. The lowest BCUT2D eigenvalue weighted by Gasteiger charge is -1.98. The smallest absolute Gasteiger partial charge is 0.0471 e. The number of hydrogen-bond acceptors (Lipinski definition) is 0. The fourth-order valence-corrected chi connectivity index (χ4v) is 0.612. The van der Waals surface area contributed by atoms with E-state index in [1.807, 2.05) is 13.8 Å². The van der Waals surface area contributed by atoms with Crippen molar-refractivity contribution in [3.8, 4) is 0 Å². The van der Waals surface area contributed by atoms with Gasteiger partial charge in [0.15, 0.2) is 0 Å². The normalized spacial score (nSPS) is 7.80. The Morgan fingerprint density at radius 3 is 1.60 bits per heavy atom. The number of unbranched alkanes of at least 4 members (excludes halogenated alkanes) is 1. The maximum atomic E-state index is 2.27. The molecule has 0 aliphatic carbocycles. The molecule has 0 amide bonds. The first-order valence-electron chi connectivity index (χ1n) is 4.27. The van der Waals surface area contributed by atoms with Crippen molar-refractivity contribution in [2.24, 2.45) is 5.92 Å². The lowest BCUT2D eigenvalue weighted by Crippen LogP contribution is -1.83. The summed E-state index contributed by atoms with van der Waals surface area (Å²) in [5.74, 6) is 0.903. The molecule has 0 aromatic rings. The minimum absolute atomic E-state index is 0. The molecule has 0 bridgehead atoms. The summed E-state index contributed by atoms with van der Waals surface area (Å²) in [5, 5.41) is 0. The van der Waals surface area contributed by atoms with Crippen LogP contribution in [0.1, 0.15) is 61.3 Å². The Morgan fingerprint density at radius 1 is 1.10 bits per heavy atom. The van der Waals surface area contributed by atoms with Crippen molar-refractivity contribution in [2.75, 3.05) is 0 Å². The summed E-state index contributed by atoms with van der Waals surface area (Å²) >= 11 is 0. The van der Waals surface area contributed by atoms with Gasteiger partial charge in [0.05, 0.1) is 0 Å². The number of hydrogen-bond donors (Lipinski definition) is 0. The van der Waals surface area contributed by atoms with E-state index < -0.39 is 0 Å². The van der Waals surface area contributed by atoms with Crippen LogP contribution in [0.3, 0.4) is 0 Å². The molecule has 0 unspecified atom stereocenters. The van der Waals surface area contributed by atoms with Gasteiger partial charge in [0, 0.05) is 0 Å². The molecule has 0 atom stereocenters. The van der Waals surface area contributed by atoms with E-state index in [0.717, 1.165) is 5.92 Å². The highest BCUT2D eigenvalue weighted by Crippen LogP contribution is 2.04. The van der Waals surface area contributed by atoms with E-state index in [0.29, 0.717) is 0 Å². The first-order valence-corrected chi connectivity index (χ1v) is 4.27. The molecule has 0 heteroatoms. The minimum atomic E-state index is 0. The number of rotatable bonds is 3. The Labute approximate surface area is 68.0 Å². The highest BCUT2D eigenvalue weighted by Gasteiger charge is 1.88. The van der Waals surface area contributed by atoms with Crippen molar-refractivity contribution in [1.82, 2.24) is 0 Å². The molecule has 0 saturated carbocycles. The van der Waals surface area contributed by atoms with Crippen LogP contribution in [0.15, 0.2) is 0 Å². The van der Waals surface area contributed by atoms with Gasteiger partial charge in [-0.1, -0.05) is 61.3 Å². The molecule has 0 nitrogen and oxygen atoms in total. The largest absolute Gasteiger partial charge is 0.0776 e. The molecule has 0 aromatic carbocycles. The zero-order chi connectivity index (χ0) is 7.70. The summed E-state index contributed by atoms with van der Waals surface area (Å²) in [6.45, 7) is 10.8. The summed E-state index contributed by atoms with van der Waals surface area (Å²) in [5.41, 5.74) is 0. The second kappa shape index (κ2) is 16.0. The van der Waals surface area contributed by atoms with Crippen molar-refractivity contribution in [3.05, 3.63) is 0 Å². The van der Waals surface area contributed by atoms with Crippen LogP contribution in [0.4, 0.5) is 0 Å². The molecule has 0 N–H and O–H groups in total. The summed E-state index contributed by atoms with van der Waals surface area (Å²) < 4.78 is 0. The molecule has 66 valence electrons. The molecule has 0 radical (unpaired) electrons. The quantitative estimate of drug-likeness (QED) is 0.550. The molecule has 0 fully saturated rings. The topological polar surface area (TPSA) is 0 Å². The van der Waals surface area contributed by atoms with Crippen molar-refractivity contribution in [1.29, 1.82) is 0 Å². The van der Waals surface area contributed by atoms with Crippen LogP contribution in [0, 0.1) is 5.92 Å². The van der Waals surface area contributed by atoms with E-state index in [1.54, 1.807) is 0 Å².